The van der Waals surface area contributed by atoms with Crippen LogP contribution in [0.2, 0.25) is 0 Å². The van der Waals surface area contributed by atoms with E-state index in [4.69, 9.17) is 0 Å². The molecule has 31 heavy (non-hydrogen) atoms. The van der Waals surface area contributed by atoms with E-state index in [1.54, 1.807) is 0 Å². The molecule has 9 atom stereocenters. The lowest BCUT2D eigenvalue weighted by Crippen LogP contribution is -2.61. The summed E-state index contributed by atoms with van der Waals surface area (Å²) in [7, 11) is 0. The normalized spacial score (nSPS) is 55.7. The second kappa shape index (κ2) is 6.64. The number of aliphatic hydroxyl groups is 1. The first-order valence-electron chi connectivity index (χ1n) is 13.7. The van der Waals surface area contributed by atoms with E-state index in [1.165, 1.54) is 51.4 Å². The van der Waals surface area contributed by atoms with Crippen LogP contribution in [-0.2, 0) is 0 Å². The van der Waals surface area contributed by atoms with Gasteiger partial charge >= 0.3 is 0 Å². The van der Waals surface area contributed by atoms with Crippen LogP contribution in [-0.4, -0.2) is 11.2 Å². The molecular formula is C30H50O. The van der Waals surface area contributed by atoms with Gasteiger partial charge in [0, 0.05) is 0 Å². The van der Waals surface area contributed by atoms with Crippen molar-refractivity contribution in [3.8, 4) is 0 Å². The number of hydrogen-bond acceptors (Lipinski definition) is 1. The molecule has 0 unspecified atom stereocenters. The van der Waals surface area contributed by atoms with Crippen LogP contribution in [0, 0.1) is 56.7 Å². The molecule has 5 aliphatic rings. The lowest BCUT2D eigenvalue weighted by molar-refractivity contribution is -0.157. The zero-order valence-electron chi connectivity index (χ0n) is 21.9. The van der Waals surface area contributed by atoms with Crippen molar-refractivity contribution in [2.45, 2.75) is 119 Å². The number of aliphatic hydroxyl groups excluding tert-OH is 1. The lowest BCUT2D eigenvalue weighted by Gasteiger charge is -2.69. The van der Waals surface area contributed by atoms with Crippen LogP contribution in [0.15, 0.2) is 11.6 Å². The molecule has 1 N–H and O–H groups in total. The second-order valence-electron chi connectivity index (χ2n) is 14.8. The Kier molecular flexibility index (Phi) is 4.82. The summed E-state index contributed by atoms with van der Waals surface area (Å²) < 4.78 is 0. The molecule has 0 spiro atoms. The first kappa shape index (κ1) is 22.5. The van der Waals surface area contributed by atoms with E-state index in [1.807, 2.05) is 5.57 Å². The van der Waals surface area contributed by atoms with Crippen molar-refractivity contribution in [2.24, 2.45) is 56.7 Å². The number of hydrogen-bond donors (Lipinski definition) is 1. The molecule has 176 valence electrons. The van der Waals surface area contributed by atoms with Gasteiger partial charge in [0.25, 0.3) is 0 Å². The van der Waals surface area contributed by atoms with E-state index in [9.17, 15) is 5.11 Å². The Morgan fingerprint density at radius 3 is 2.26 bits per heavy atom. The fourth-order valence-corrected chi connectivity index (χ4v) is 11.4. The molecule has 5 aliphatic carbocycles. The summed E-state index contributed by atoms with van der Waals surface area (Å²) in [5.41, 5.74) is 3.81. The summed E-state index contributed by atoms with van der Waals surface area (Å²) in [5, 5.41) is 11.2. The van der Waals surface area contributed by atoms with Crippen LogP contribution in [0.3, 0.4) is 0 Å². The van der Waals surface area contributed by atoms with Gasteiger partial charge in [-0.05, 0) is 108 Å². The van der Waals surface area contributed by atoms with Crippen molar-refractivity contribution in [1.82, 2.24) is 0 Å². The Balaban J connectivity index is 1.57. The van der Waals surface area contributed by atoms with Gasteiger partial charge in [0.1, 0.15) is 0 Å². The smallest absolute Gasteiger partial charge is 0.0579 e. The van der Waals surface area contributed by atoms with E-state index in [0.717, 1.165) is 18.3 Å². The number of rotatable bonds is 1. The summed E-state index contributed by atoms with van der Waals surface area (Å²) in [5.74, 6) is 3.33. The van der Waals surface area contributed by atoms with E-state index >= 15 is 0 Å². The Hall–Kier alpha value is -0.300. The molecule has 0 saturated heterocycles. The summed E-state index contributed by atoms with van der Waals surface area (Å²) in [6, 6.07) is 0. The maximum atomic E-state index is 11.2. The van der Waals surface area contributed by atoms with Gasteiger partial charge in [-0.15, -0.1) is 0 Å². The minimum Gasteiger partial charge on any atom is -0.393 e. The molecule has 4 fully saturated rings. The van der Waals surface area contributed by atoms with Gasteiger partial charge in [0.2, 0.25) is 0 Å². The quantitative estimate of drug-likeness (QED) is 0.421. The number of fused-ring (bicyclic) bond motifs is 7. The molecular weight excluding hydrogens is 376 g/mol. The highest BCUT2D eigenvalue weighted by atomic mass is 16.3. The Bertz CT molecular complexity index is 777. The molecule has 0 radical (unpaired) electrons. The van der Waals surface area contributed by atoms with Gasteiger partial charge < -0.3 is 5.11 Å². The Morgan fingerprint density at radius 2 is 1.58 bits per heavy atom. The summed E-state index contributed by atoms with van der Waals surface area (Å²) in [4.78, 5) is 0. The van der Waals surface area contributed by atoms with E-state index in [0.29, 0.717) is 44.8 Å². The van der Waals surface area contributed by atoms with Crippen LogP contribution >= 0.6 is 0 Å². The highest BCUT2D eigenvalue weighted by Gasteiger charge is 2.69. The topological polar surface area (TPSA) is 20.2 Å². The fraction of sp³-hybridized carbons (Fsp3) is 0.933. The molecule has 0 aromatic rings. The minimum atomic E-state index is -0.105. The maximum Gasteiger partial charge on any atom is 0.0579 e. The van der Waals surface area contributed by atoms with Crippen molar-refractivity contribution in [2.75, 3.05) is 0 Å². The standard InChI is InChI=1S/C30H50O/c1-19(2)25-22(31)18-24-28(25,6)16-17-29(7)21-10-11-23-26(3,4)13-9-14-27(23,5)20(21)12-15-30(24,29)8/h12,19,21-25,31H,9-11,13-18H2,1-8H3/t21-,22+,23+,24+,25-,27+,28-,29+,30-/m0/s1. The van der Waals surface area contributed by atoms with Crippen molar-refractivity contribution in [3.63, 3.8) is 0 Å². The average Bonchev–Trinajstić information content (AvgIpc) is 2.94. The Labute approximate surface area is 192 Å². The third-order valence-electron chi connectivity index (χ3n) is 12.9. The average molecular weight is 427 g/mol. The van der Waals surface area contributed by atoms with E-state index in [2.05, 4.69) is 61.5 Å². The van der Waals surface area contributed by atoms with Gasteiger partial charge in [-0.1, -0.05) is 73.5 Å². The summed E-state index contributed by atoms with van der Waals surface area (Å²) >= 11 is 0. The van der Waals surface area contributed by atoms with Gasteiger partial charge in [-0.25, -0.2) is 0 Å². The monoisotopic (exact) mass is 426 g/mol. The molecule has 0 heterocycles. The van der Waals surface area contributed by atoms with Crippen LogP contribution in [0.5, 0.6) is 0 Å². The predicted octanol–water partition coefficient (Wildman–Crippen LogP) is 8.02. The van der Waals surface area contributed by atoms with Crippen LogP contribution in [0.1, 0.15) is 113 Å². The SMILES string of the molecule is CC(C)[C@H]1[C@H](O)C[C@@H]2[C@]1(C)CC[C@]1(C)[C@H]3CC[C@@H]4C(C)(C)CCC[C@]4(C)C3=CC[C@@]21C. The summed E-state index contributed by atoms with van der Waals surface area (Å²) in [6.07, 6.45) is 14.7. The summed E-state index contributed by atoms with van der Waals surface area (Å²) in [6.45, 7) is 20.4. The predicted molar refractivity (Wildman–Crippen MR) is 131 cm³/mol. The molecule has 5 rings (SSSR count). The molecule has 4 saturated carbocycles. The lowest BCUT2D eigenvalue weighted by atomic mass is 9.36. The van der Waals surface area contributed by atoms with Gasteiger partial charge in [-0.3, -0.25) is 0 Å². The largest absolute Gasteiger partial charge is 0.393 e. The van der Waals surface area contributed by atoms with Crippen molar-refractivity contribution < 1.29 is 5.11 Å². The molecule has 1 heteroatoms. The minimum absolute atomic E-state index is 0.105. The fourth-order valence-electron chi connectivity index (χ4n) is 11.4. The zero-order valence-corrected chi connectivity index (χ0v) is 21.9. The molecule has 0 bridgehead atoms. The zero-order chi connectivity index (χ0) is 22.6. The van der Waals surface area contributed by atoms with Crippen LogP contribution < -0.4 is 0 Å². The van der Waals surface area contributed by atoms with Crippen LogP contribution in [0.25, 0.3) is 0 Å². The first-order chi connectivity index (χ1) is 14.3. The molecule has 0 aromatic carbocycles. The van der Waals surface area contributed by atoms with Gasteiger partial charge in [0.15, 0.2) is 0 Å². The van der Waals surface area contributed by atoms with Gasteiger partial charge in [-0.2, -0.15) is 0 Å². The van der Waals surface area contributed by atoms with Crippen LogP contribution in [0.4, 0.5) is 0 Å². The number of allylic oxidation sites excluding steroid dienone is 2. The van der Waals surface area contributed by atoms with Crippen molar-refractivity contribution in [1.29, 1.82) is 0 Å². The highest BCUT2D eigenvalue weighted by Crippen LogP contribution is 2.76. The van der Waals surface area contributed by atoms with Gasteiger partial charge in [0.05, 0.1) is 6.10 Å². The maximum absolute atomic E-state index is 11.2. The molecule has 0 amide bonds. The third kappa shape index (κ3) is 2.65. The molecule has 0 aromatic heterocycles. The van der Waals surface area contributed by atoms with E-state index in [-0.39, 0.29) is 6.10 Å². The van der Waals surface area contributed by atoms with E-state index < -0.39 is 0 Å². The van der Waals surface area contributed by atoms with Crippen molar-refractivity contribution in [3.05, 3.63) is 11.6 Å². The highest BCUT2D eigenvalue weighted by molar-refractivity contribution is 5.33. The molecule has 1 nitrogen and oxygen atoms in total. The van der Waals surface area contributed by atoms with Crippen molar-refractivity contribution >= 4 is 0 Å². The molecule has 0 aliphatic heterocycles. The third-order valence-corrected chi connectivity index (χ3v) is 12.9. The second-order valence-corrected chi connectivity index (χ2v) is 14.8. The first-order valence-corrected chi connectivity index (χ1v) is 13.7. The Morgan fingerprint density at radius 1 is 0.871 bits per heavy atom.